The second-order valence-electron chi connectivity index (χ2n) is 7.08. The van der Waals surface area contributed by atoms with Gasteiger partial charge in [-0.15, -0.1) is 0 Å². The lowest BCUT2D eigenvalue weighted by molar-refractivity contribution is -0.139. The van der Waals surface area contributed by atoms with Crippen LogP contribution in [0.15, 0.2) is 48.5 Å². The summed E-state index contributed by atoms with van der Waals surface area (Å²) >= 11 is 6.02. The van der Waals surface area contributed by atoms with Crippen LogP contribution >= 0.6 is 11.6 Å². The van der Waals surface area contributed by atoms with Gasteiger partial charge in [-0.3, -0.25) is 4.79 Å². The minimum atomic E-state index is -0.599. The minimum Gasteiger partial charge on any atom is -0.497 e. The average molecular weight is 403 g/mol. The lowest BCUT2D eigenvalue weighted by atomic mass is 10.1. The van der Waals surface area contributed by atoms with E-state index in [0.717, 1.165) is 30.7 Å². The monoisotopic (exact) mass is 402 g/mol. The van der Waals surface area contributed by atoms with E-state index in [4.69, 9.17) is 21.1 Å². The van der Waals surface area contributed by atoms with Gasteiger partial charge in [-0.1, -0.05) is 29.8 Å². The fourth-order valence-corrected chi connectivity index (χ4v) is 3.59. The Morgan fingerprint density at radius 2 is 2.04 bits per heavy atom. The van der Waals surface area contributed by atoms with E-state index in [1.807, 2.05) is 41.3 Å². The van der Waals surface area contributed by atoms with Crippen molar-refractivity contribution in [2.75, 3.05) is 20.2 Å². The van der Waals surface area contributed by atoms with Crippen LogP contribution in [0.3, 0.4) is 0 Å². The maximum absolute atomic E-state index is 13.2. The van der Waals surface area contributed by atoms with Crippen LogP contribution in [-0.4, -0.2) is 43.2 Å². The molecule has 0 aromatic heterocycles. The van der Waals surface area contributed by atoms with Gasteiger partial charge in [0, 0.05) is 24.2 Å². The number of hydrogen-bond donors (Lipinski definition) is 1. The van der Waals surface area contributed by atoms with E-state index in [1.165, 1.54) is 0 Å². The third-order valence-corrected chi connectivity index (χ3v) is 5.14. The number of benzene rings is 2. The summed E-state index contributed by atoms with van der Waals surface area (Å²) in [4.78, 5) is 15.0. The first-order valence-electron chi connectivity index (χ1n) is 9.62. The average Bonchev–Trinajstić information content (AvgIpc) is 3.20. The Bertz CT molecular complexity index is 776. The number of hydrogen-bond acceptors (Lipinski definition) is 4. The van der Waals surface area contributed by atoms with Gasteiger partial charge in [0.25, 0.3) is 5.91 Å². The SMILES string of the molecule is COc1ccc(CN(CC2CCCN2)C(=O)[C@@H](C)Oc2cccc(Cl)c2)cc1. The second-order valence-corrected chi connectivity index (χ2v) is 7.51. The van der Waals surface area contributed by atoms with E-state index in [-0.39, 0.29) is 5.91 Å². The van der Waals surface area contributed by atoms with E-state index in [1.54, 1.807) is 26.2 Å². The highest BCUT2D eigenvalue weighted by Gasteiger charge is 2.26. The van der Waals surface area contributed by atoms with Gasteiger partial charge in [0.1, 0.15) is 11.5 Å². The molecule has 5 nitrogen and oxygen atoms in total. The summed E-state index contributed by atoms with van der Waals surface area (Å²) in [7, 11) is 1.64. The molecule has 0 bridgehead atoms. The van der Waals surface area contributed by atoms with Gasteiger partial charge in [0.15, 0.2) is 6.10 Å². The molecule has 6 heteroatoms. The number of methoxy groups -OCH3 is 1. The molecule has 0 spiro atoms. The molecule has 0 radical (unpaired) electrons. The maximum Gasteiger partial charge on any atom is 0.263 e. The highest BCUT2D eigenvalue weighted by Crippen LogP contribution is 2.20. The standard InChI is InChI=1S/C22H27ClN2O3/c1-16(28-21-7-3-5-18(23)13-21)22(26)25(15-19-6-4-12-24-19)14-17-8-10-20(27-2)11-9-17/h3,5,7-11,13,16,19,24H,4,6,12,14-15H2,1-2H3/t16-,19?/m1/s1. The third kappa shape index (κ3) is 5.63. The van der Waals surface area contributed by atoms with Crippen molar-refractivity contribution < 1.29 is 14.3 Å². The molecule has 0 aliphatic carbocycles. The van der Waals surface area contributed by atoms with Gasteiger partial charge in [-0.25, -0.2) is 0 Å². The van der Waals surface area contributed by atoms with Gasteiger partial charge < -0.3 is 19.7 Å². The van der Waals surface area contributed by atoms with Crippen LogP contribution in [0, 0.1) is 0 Å². The Morgan fingerprint density at radius 3 is 2.68 bits per heavy atom. The second kappa shape index (κ2) is 9.80. The van der Waals surface area contributed by atoms with Gasteiger partial charge in [-0.2, -0.15) is 0 Å². The molecule has 2 aromatic rings. The summed E-state index contributed by atoms with van der Waals surface area (Å²) in [5, 5.41) is 4.06. The molecule has 2 atom stereocenters. The smallest absolute Gasteiger partial charge is 0.263 e. The number of amides is 1. The van der Waals surface area contributed by atoms with E-state index in [0.29, 0.717) is 29.9 Å². The normalized spacial score (nSPS) is 17.2. The fourth-order valence-electron chi connectivity index (χ4n) is 3.41. The van der Waals surface area contributed by atoms with Crippen LogP contribution in [0.4, 0.5) is 0 Å². The molecule has 1 aliphatic rings. The van der Waals surface area contributed by atoms with E-state index < -0.39 is 6.10 Å². The van der Waals surface area contributed by atoms with Crippen LogP contribution in [0.1, 0.15) is 25.3 Å². The number of ether oxygens (including phenoxy) is 2. The Kier molecular flexibility index (Phi) is 7.18. The lowest BCUT2D eigenvalue weighted by Gasteiger charge is -2.29. The van der Waals surface area contributed by atoms with Gasteiger partial charge in [-0.05, 0) is 62.2 Å². The van der Waals surface area contributed by atoms with Crippen LogP contribution in [0.25, 0.3) is 0 Å². The number of rotatable bonds is 8. The number of halogens is 1. The Balaban J connectivity index is 1.71. The largest absolute Gasteiger partial charge is 0.497 e. The lowest BCUT2D eigenvalue weighted by Crippen LogP contribution is -2.45. The van der Waals surface area contributed by atoms with Gasteiger partial charge >= 0.3 is 0 Å². The zero-order valence-corrected chi connectivity index (χ0v) is 17.1. The summed E-state index contributed by atoms with van der Waals surface area (Å²) in [6.07, 6.45) is 1.62. The predicted octanol–water partition coefficient (Wildman–Crippen LogP) is 3.90. The topological polar surface area (TPSA) is 50.8 Å². The summed E-state index contributed by atoms with van der Waals surface area (Å²) < 4.78 is 11.1. The van der Waals surface area contributed by atoms with Crippen molar-refractivity contribution in [3.8, 4) is 11.5 Å². The van der Waals surface area contributed by atoms with E-state index in [2.05, 4.69) is 5.32 Å². The van der Waals surface area contributed by atoms with Crippen molar-refractivity contribution >= 4 is 17.5 Å². The molecule has 2 aromatic carbocycles. The third-order valence-electron chi connectivity index (χ3n) is 4.90. The predicted molar refractivity (Wildman–Crippen MR) is 111 cm³/mol. The fraction of sp³-hybridized carbons (Fsp3) is 0.409. The first-order valence-corrected chi connectivity index (χ1v) is 10.0. The molecule has 1 N–H and O–H groups in total. The zero-order valence-electron chi connectivity index (χ0n) is 16.4. The van der Waals surface area contributed by atoms with Crippen LogP contribution < -0.4 is 14.8 Å². The first kappa shape index (κ1) is 20.5. The number of nitrogens with zero attached hydrogens (tertiary/aromatic N) is 1. The number of nitrogens with one attached hydrogen (secondary N) is 1. The van der Waals surface area contributed by atoms with Crippen molar-refractivity contribution in [3.63, 3.8) is 0 Å². The molecule has 3 rings (SSSR count). The van der Waals surface area contributed by atoms with Gasteiger partial charge in [0.2, 0.25) is 0 Å². The highest BCUT2D eigenvalue weighted by atomic mass is 35.5. The molecule has 1 amide bonds. The first-order chi connectivity index (χ1) is 13.5. The van der Waals surface area contributed by atoms with Crippen molar-refractivity contribution in [1.82, 2.24) is 10.2 Å². The molecule has 0 saturated carbocycles. The number of carbonyl (C=O) groups excluding carboxylic acids is 1. The molecule has 1 aliphatic heterocycles. The van der Waals surface area contributed by atoms with Crippen LogP contribution in [-0.2, 0) is 11.3 Å². The molecule has 1 fully saturated rings. The summed E-state index contributed by atoms with van der Waals surface area (Å²) in [6, 6.07) is 15.2. The molecule has 28 heavy (non-hydrogen) atoms. The highest BCUT2D eigenvalue weighted by molar-refractivity contribution is 6.30. The molecule has 150 valence electrons. The summed E-state index contributed by atoms with van der Waals surface area (Å²) in [6.45, 7) is 3.98. The van der Waals surface area contributed by atoms with E-state index in [9.17, 15) is 4.79 Å². The molecule has 1 unspecified atom stereocenters. The van der Waals surface area contributed by atoms with Gasteiger partial charge in [0.05, 0.1) is 7.11 Å². The zero-order chi connectivity index (χ0) is 19.9. The van der Waals surface area contributed by atoms with Crippen molar-refractivity contribution in [3.05, 3.63) is 59.1 Å². The molecular weight excluding hydrogens is 376 g/mol. The van der Waals surface area contributed by atoms with Crippen LogP contribution in [0.5, 0.6) is 11.5 Å². The molecular formula is C22H27ClN2O3. The number of carbonyl (C=O) groups is 1. The Morgan fingerprint density at radius 1 is 1.25 bits per heavy atom. The van der Waals surface area contributed by atoms with Crippen molar-refractivity contribution in [1.29, 1.82) is 0 Å². The summed E-state index contributed by atoms with van der Waals surface area (Å²) in [5.74, 6) is 1.36. The minimum absolute atomic E-state index is 0.0375. The van der Waals surface area contributed by atoms with Crippen molar-refractivity contribution in [2.45, 2.75) is 38.5 Å². The van der Waals surface area contributed by atoms with Crippen LogP contribution in [0.2, 0.25) is 5.02 Å². The summed E-state index contributed by atoms with van der Waals surface area (Å²) in [5.41, 5.74) is 1.06. The van der Waals surface area contributed by atoms with Crippen molar-refractivity contribution in [2.24, 2.45) is 0 Å². The van der Waals surface area contributed by atoms with E-state index >= 15 is 0 Å². The maximum atomic E-state index is 13.2. The quantitative estimate of drug-likeness (QED) is 0.727. The Hall–Kier alpha value is -2.24. The molecule has 1 heterocycles. The Labute approximate surface area is 171 Å². The molecule has 1 saturated heterocycles.